The average molecular weight is 299 g/mol. The Morgan fingerprint density at radius 3 is 2.55 bits per heavy atom. The predicted molar refractivity (Wildman–Crippen MR) is 85.2 cm³/mol. The van der Waals surface area contributed by atoms with Crippen molar-refractivity contribution >= 4 is 0 Å². The van der Waals surface area contributed by atoms with Crippen LogP contribution >= 0.6 is 0 Å². The number of nitrogens with zero attached hydrogens (tertiary/aromatic N) is 1. The van der Waals surface area contributed by atoms with Crippen LogP contribution in [0.4, 0.5) is 0 Å². The number of benzene rings is 2. The largest absolute Gasteiger partial charge is 0.486 e. The summed E-state index contributed by atoms with van der Waals surface area (Å²) in [6, 6.07) is 15.7. The monoisotopic (exact) mass is 299 g/mol. The van der Waals surface area contributed by atoms with Crippen molar-refractivity contribution in [3.05, 3.63) is 59.7 Å². The van der Waals surface area contributed by atoms with Gasteiger partial charge in [-0.3, -0.25) is 4.90 Å². The lowest BCUT2D eigenvalue weighted by Crippen LogP contribution is -2.24. The van der Waals surface area contributed by atoms with E-state index in [2.05, 4.69) is 4.90 Å². The summed E-state index contributed by atoms with van der Waals surface area (Å²) in [5, 5.41) is 10.3. The second-order valence-electron chi connectivity index (χ2n) is 5.60. The van der Waals surface area contributed by atoms with E-state index in [1.54, 1.807) is 0 Å². The quantitative estimate of drug-likeness (QED) is 0.921. The Bertz CT molecular complexity index is 615. The lowest BCUT2D eigenvalue weighted by Gasteiger charge is -2.23. The summed E-state index contributed by atoms with van der Waals surface area (Å²) in [4.78, 5) is 2.10. The molecule has 0 spiro atoms. The van der Waals surface area contributed by atoms with Gasteiger partial charge in [0.2, 0.25) is 0 Å². The van der Waals surface area contributed by atoms with Gasteiger partial charge in [0, 0.05) is 13.1 Å². The minimum absolute atomic E-state index is 0.483. The third-order valence-electron chi connectivity index (χ3n) is 3.73. The van der Waals surface area contributed by atoms with E-state index in [1.807, 2.05) is 55.6 Å². The molecule has 1 aliphatic rings. The Morgan fingerprint density at radius 2 is 1.77 bits per heavy atom. The van der Waals surface area contributed by atoms with Gasteiger partial charge in [-0.2, -0.15) is 0 Å². The Kier molecular flexibility index (Phi) is 4.61. The van der Waals surface area contributed by atoms with Crippen LogP contribution in [0.5, 0.6) is 11.5 Å². The summed E-state index contributed by atoms with van der Waals surface area (Å²) in [7, 11) is 2.00. The summed E-state index contributed by atoms with van der Waals surface area (Å²) in [5.74, 6) is 1.61. The molecule has 0 saturated heterocycles. The van der Waals surface area contributed by atoms with Crippen LogP contribution in [0.3, 0.4) is 0 Å². The Morgan fingerprint density at radius 1 is 1.05 bits per heavy atom. The molecule has 0 amide bonds. The van der Waals surface area contributed by atoms with Gasteiger partial charge in [0.15, 0.2) is 11.5 Å². The first kappa shape index (κ1) is 14.9. The topological polar surface area (TPSA) is 41.9 Å². The van der Waals surface area contributed by atoms with Crippen molar-refractivity contribution in [2.24, 2.45) is 0 Å². The van der Waals surface area contributed by atoms with E-state index in [9.17, 15) is 5.11 Å². The highest BCUT2D eigenvalue weighted by atomic mass is 16.6. The highest BCUT2D eigenvalue weighted by Crippen LogP contribution is 2.31. The van der Waals surface area contributed by atoms with Crippen molar-refractivity contribution < 1.29 is 14.6 Å². The van der Waals surface area contributed by atoms with E-state index < -0.39 is 6.10 Å². The fourth-order valence-electron chi connectivity index (χ4n) is 2.64. The molecule has 0 bridgehead atoms. The molecule has 0 saturated carbocycles. The van der Waals surface area contributed by atoms with Crippen molar-refractivity contribution in [3.8, 4) is 11.5 Å². The molecule has 4 nitrogen and oxygen atoms in total. The number of hydrogen-bond acceptors (Lipinski definition) is 4. The maximum Gasteiger partial charge on any atom is 0.161 e. The molecule has 0 aliphatic carbocycles. The molecule has 0 radical (unpaired) electrons. The lowest BCUT2D eigenvalue weighted by molar-refractivity contribution is 0.123. The van der Waals surface area contributed by atoms with Crippen LogP contribution in [-0.2, 0) is 6.54 Å². The van der Waals surface area contributed by atoms with Gasteiger partial charge in [-0.15, -0.1) is 0 Å². The van der Waals surface area contributed by atoms with Gasteiger partial charge in [0.25, 0.3) is 0 Å². The standard InChI is InChI=1S/C18H21NO3/c1-19(13-16(20)15-5-3-2-4-6-15)12-14-7-8-17-18(11-14)22-10-9-21-17/h2-8,11,16,20H,9-10,12-13H2,1H3. The van der Waals surface area contributed by atoms with E-state index >= 15 is 0 Å². The molecular weight excluding hydrogens is 278 g/mol. The molecule has 1 unspecified atom stereocenters. The van der Waals surface area contributed by atoms with E-state index in [0.29, 0.717) is 19.8 Å². The smallest absolute Gasteiger partial charge is 0.161 e. The van der Waals surface area contributed by atoms with Crippen molar-refractivity contribution in [2.75, 3.05) is 26.8 Å². The van der Waals surface area contributed by atoms with Crippen LogP contribution in [0.25, 0.3) is 0 Å². The second kappa shape index (κ2) is 6.81. The molecule has 1 aliphatic heterocycles. The zero-order valence-electron chi connectivity index (χ0n) is 12.7. The summed E-state index contributed by atoms with van der Waals surface area (Å²) in [5.41, 5.74) is 2.09. The number of aliphatic hydroxyl groups is 1. The SMILES string of the molecule is CN(Cc1ccc2c(c1)OCCO2)CC(O)c1ccccc1. The van der Waals surface area contributed by atoms with E-state index in [1.165, 1.54) is 0 Å². The van der Waals surface area contributed by atoms with Crippen LogP contribution in [0, 0.1) is 0 Å². The number of rotatable bonds is 5. The molecule has 116 valence electrons. The maximum atomic E-state index is 10.3. The molecular formula is C18H21NO3. The molecule has 2 aromatic rings. The zero-order valence-corrected chi connectivity index (χ0v) is 12.7. The van der Waals surface area contributed by atoms with Gasteiger partial charge in [-0.05, 0) is 30.3 Å². The molecule has 3 rings (SSSR count). The first-order valence-electron chi connectivity index (χ1n) is 7.52. The van der Waals surface area contributed by atoms with Gasteiger partial charge in [0.05, 0.1) is 6.10 Å². The number of ether oxygens (including phenoxy) is 2. The second-order valence-corrected chi connectivity index (χ2v) is 5.60. The summed E-state index contributed by atoms with van der Waals surface area (Å²) < 4.78 is 11.1. The highest BCUT2D eigenvalue weighted by Gasteiger charge is 2.14. The van der Waals surface area contributed by atoms with Crippen molar-refractivity contribution in [1.29, 1.82) is 0 Å². The molecule has 1 heterocycles. The fraction of sp³-hybridized carbons (Fsp3) is 0.333. The van der Waals surface area contributed by atoms with E-state index in [-0.39, 0.29) is 0 Å². The van der Waals surface area contributed by atoms with Gasteiger partial charge >= 0.3 is 0 Å². The lowest BCUT2D eigenvalue weighted by atomic mass is 10.1. The fourth-order valence-corrected chi connectivity index (χ4v) is 2.64. The normalized spacial score (nSPS) is 14.9. The van der Waals surface area contributed by atoms with E-state index in [4.69, 9.17) is 9.47 Å². The van der Waals surface area contributed by atoms with Crippen LogP contribution in [0.2, 0.25) is 0 Å². The maximum absolute atomic E-state index is 10.3. The van der Waals surface area contributed by atoms with Gasteiger partial charge in [0.1, 0.15) is 13.2 Å². The molecule has 0 fully saturated rings. The van der Waals surface area contributed by atoms with Crippen LogP contribution < -0.4 is 9.47 Å². The molecule has 1 atom stereocenters. The minimum Gasteiger partial charge on any atom is -0.486 e. The van der Waals surface area contributed by atoms with Gasteiger partial charge in [-0.25, -0.2) is 0 Å². The molecule has 0 aromatic heterocycles. The number of hydrogen-bond donors (Lipinski definition) is 1. The number of aliphatic hydroxyl groups excluding tert-OH is 1. The minimum atomic E-state index is -0.483. The molecule has 22 heavy (non-hydrogen) atoms. The molecule has 2 aromatic carbocycles. The van der Waals surface area contributed by atoms with E-state index in [0.717, 1.165) is 29.2 Å². The number of likely N-dealkylation sites (N-methyl/N-ethyl adjacent to an activating group) is 1. The highest BCUT2D eigenvalue weighted by molar-refractivity contribution is 5.43. The van der Waals surface area contributed by atoms with Gasteiger partial charge < -0.3 is 14.6 Å². The van der Waals surface area contributed by atoms with Gasteiger partial charge in [-0.1, -0.05) is 36.4 Å². The van der Waals surface area contributed by atoms with Crippen molar-refractivity contribution in [1.82, 2.24) is 4.90 Å². The Balaban J connectivity index is 1.61. The third-order valence-corrected chi connectivity index (χ3v) is 3.73. The molecule has 4 heteroatoms. The zero-order chi connectivity index (χ0) is 15.4. The predicted octanol–water partition coefficient (Wildman–Crippen LogP) is 2.62. The Hall–Kier alpha value is -2.04. The van der Waals surface area contributed by atoms with Crippen molar-refractivity contribution in [2.45, 2.75) is 12.6 Å². The summed E-state index contributed by atoms with van der Waals surface area (Å²) >= 11 is 0. The van der Waals surface area contributed by atoms with Crippen LogP contribution in [0.15, 0.2) is 48.5 Å². The first-order chi connectivity index (χ1) is 10.7. The number of fused-ring (bicyclic) bond motifs is 1. The van der Waals surface area contributed by atoms with Crippen molar-refractivity contribution in [3.63, 3.8) is 0 Å². The average Bonchev–Trinajstić information content (AvgIpc) is 2.55. The third kappa shape index (κ3) is 3.59. The van der Waals surface area contributed by atoms with Crippen LogP contribution in [-0.4, -0.2) is 36.8 Å². The Labute approximate surface area is 130 Å². The molecule has 1 N–H and O–H groups in total. The summed E-state index contributed by atoms with van der Waals surface area (Å²) in [6.45, 7) is 2.54. The van der Waals surface area contributed by atoms with Crippen LogP contribution in [0.1, 0.15) is 17.2 Å². The first-order valence-corrected chi connectivity index (χ1v) is 7.52. The summed E-state index contributed by atoms with van der Waals surface area (Å²) in [6.07, 6.45) is -0.483.